The molecule has 0 radical (unpaired) electrons. The van der Waals surface area contributed by atoms with Crippen molar-refractivity contribution in [2.75, 3.05) is 33.3 Å². The maximum absolute atomic E-state index is 12.1. The van der Waals surface area contributed by atoms with Crippen LogP contribution < -0.4 is 5.32 Å². The second-order valence-corrected chi connectivity index (χ2v) is 5.93. The van der Waals surface area contributed by atoms with Gasteiger partial charge in [-0.1, -0.05) is 6.07 Å². The first-order chi connectivity index (χ1) is 8.60. The Balaban J connectivity index is 1.80. The SMILES string of the molecule is CN1CCOC(C)(C(=O)NCCc2cccs2)C1. The number of hydrogen-bond acceptors (Lipinski definition) is 4. The topological polar surface area (TPSA) is 41.6 Å². The first-order valence-electron chi connectivity index (χ1n) is 6.23. The van der Waals surface area contributed by atoms with Crippen molar-refractivity contribution in [3.05, 3.63) is 22.4 Å². The van der Waals surface area contributed by atoms with Crippen LogP contribution in [0.1, 0.15) is 11.8 Å². The molecular formula is C13H20N2O2S. The molecule has 4 nitrogen and oxygen atoms in total. The quantitative estimate of drug-likeness (QED) is 0.890. The van der Waals surface area contributed by atoms with Crippen LogP contribution in [0.5, 0.6) is 0 Å². The summed E-state index contributed by atoms with van der Waals surface area (Å²) in [5.74, 6) is -0.00870. The molecule has 1 aliphatic rings. The summed E-state index contributed by atoms with van der Waals surface area (Å²) >= 11 is 1.72. The number of morpholine rings is 1. The molecule has 1 aromatic heterocycles. The standard InChI is InChI=1S/C13H20N2O2S/c1-13(10-15(2)7-8-17-13)12(16)14-6-5-11-4-3-9-18-11/h3-4,9H,5-8,10H2,1-2H3,(H,14,16). The van der Waals surface area contributed by atoms with Crippen LogP contribution >= 0.6 is 11.3 Å². The number of hydrogen-bond donors (Lipinski definition) is 1. The number of carbonyl (C=O) groups is 1. The van der Waals surface area contributed by atoms with Crippen molar-refractivity contribution < 1.29 is 9.53 Å². The van der Waals surface area contributed by atoms with Crippen LogP contribution in [0.2, 0.25) is 0 Å². The van der Waals surface area contributed by atoms with Crippen LogP contribution in [-0.4, -0.2) is 49.7 Å². The first kappa shape index (κ1) is 13.5. The molecule has 0 spiro atoms. The van der Waals surface area contributed by atoms with Gasteiger partial charge in [-0.2, -0.15) is 0 Å². The summed E-state index contributed by atoms with van der Waals surface area (Å²) in [4.78, 5) is 15.6. The van der Waals surface area contributed by atoms with Gasteiger partial charge in [-0.15, -0.1) is 11.3 Å². The van der Waals surface area contributed by atoms with E-state index in [2.05, 4.69) is 21.7 Å². The van der Waals surface area contributed by atoms with E-state index in [-0.39, 0.29) is 5.91 Å². The van der Waals surface area contributed by atoms with Crippen molar-refractivity contribution in [2.45, 2.75) is 18.9 Å². The van der Waals surface area contributed by atoms with Gasteiger partial charge in [-0.3, -0.25) is 4.79 Å². The van der Waals surface area contributed by atoms with E-state index in [4.69, 9.17) is 4.74 Å². The molecule has 1 N–H and O–H groups in total. The molecule has 1 unspecified atom stereocenters. The molecule has 1 saturated heterocycles. The predicted octanol–water partition coefficient (Wildman–Crippen LogP) is 1.13. The summed E-state index contributed by atoms with van der Waals surface area (Å²) in [7, 11) is 2.01. The van der Waals surface area contributed by atoms with Crippen molar-refractivity contribution in [2.24, 2.45) is 0 Å². The van der Waals surface area contributed by atoms with Crippen LogP contribution in [0.25, 0.3) is 0 Å². The largest absolute Gasteiger partial charge is 0.363 e. The number of carbonyl (C=O) groups excluding carboxylic acids is 1. The van der Waals surface area contributed by atoms with E-state index >= 15 is 0 Å². The molecule has 1 aromatic rings. The molecule has 1 aliphatic heterocycles. The Bertz CT molecular complexity index is 394. The lowest BCUT2D eigenvalue weighted by atomic mass is 10.0. The number of likely N-dealkylation sites (N-methyl/N-ethyl adjacent to an activating group) is 1. The van der Waals surface area contributed by atoms with Gasteiger partial charge in [0.15, 0.2) is 5.60 Å². The number of nitrogens with zero attached hydrogens (tertiary/aromatic N) is 1. The molecule has 1 atom stereocenters. The van der Waals surface area contributed by atoms with Crippen LogP contribution in [0.3, 0.4) is 0 Å². The molecule has 1 fully saturated rings. The zero-order valence-electron chi connectivity index (χ0n) is 10.9. The van der Waals surface area contributed by atoms with Crippen LogP contribution in [0.15, 0.2) is 17.5 Å². The lowest BCUT2D eigenvalue weighted by molar-refractivity contribution is -0.155. The molecule has 2 rings (SSSR count). The van der Waals surface area contributed by atoms with Gasteiger partial charge >= 0.3 is 0 Å². The second kappa shape index (κ2) is 5.82. The predicted molar refractivity (Wildman–Crippen MR) is 72.9 cm³/mol. The van der Waals surface area contributed by atoms with Crippen LogP contribution in [-0.2, 0) is 16.0 Å². The fourth-order valence-electron chi connectivity index (χ4n) is 2.14. The van der Waals surface area contributed by atoms with Crippen LogP contribution in [0, 0.1) is 0 Å². The first-order valence-corrected chi connectivity index (χ1v) is 7.11. The summed E-state index contributed by atoms with van der Waals surface area (Å²) in [5, 5.41) is 5.02. The number of amides is 1. The van der Waals surface area contributed by atoms with Gasteiger partial charge in [0.05, 0.1) is 6.61 Å². The Kier molecular flexibility index (Phi) is 4.37. The van der Waals surface area contributed by atoms with E-state index in [1.165, 1.54) is 4.88 Å². The Hall–Kier alpha value is -0.910. The van der Waals surface area contributed by atoms with Gasteiger partial charge in [0.1, 0.15) is 0 Å². The molecule has 0 saturated carbocycles. The minimum Gasteiger partial charge on any atom is -0.363 e. The van der Waals surface area contributed by atoms with Crippen LogP contribution in [0.4, 0.5) is 0 Å². The van der Waals surface area contributed by atoms with E-state index in [1.807, 2.05) is 20.0 Å². The van der Waals surface area contributed by atoms with Crippen molar-refractivity contribution in [3.8, 4) is 0 Å². The fraction of sp³-hybridized carbons (Fsp3) is 0.615. The van der Waals surface area contributed by atoms with Crippen molar-refractivity contribution in [1.29, 1.82) is 0 Å². The molecule has 1 amide bonds. The highest BCUT2D eigenvalue weighted by Crippen LogP contribution is 2.16. The van der Waals surface area contributed by atoms with E-state index in [0.29, 0.717) is 19.7 Å². The van der Waals surface area contributed by atoms with Gasteiger partial charge in [0, 0.05) is 24.5 Å². The average Bonchev–Trinajstić information content (AvgIpc) is 2.81. The smallest absolute Gasteiger partial charge is 0.253 e. The molecule has 18 heavy (non-hydrogen) atoms. The fourth-order valence-corrected chi connectivity index (χ4v) is 2.85. The molecule has 0 bridgehead atoms. The van der Waals surface area contributed by atoms with Crippen molar-refractivity contribution in [1.82, 2.24) is 10.2 Å². The minimum absolute atomic E-state index is 0.00870. The van der Waals surface area contributed by atoms with E-state index in [9.17, 15) is 4.79 Å². The minimum atomic E-state index is -0.706. The molecular weight excluding hydrogens is 248 g/mol. The third-order valence-corrected chi connectivity index (χ3v) is 4.12. The number of thiophene rings is 1. The highest BCUT2D eigenvalue weighted by molar-refractivity contribution is 7.09. The Morgan fingerprint density at radius 1 is 1.67 bits per heavy atom. The maximum atomic E-state index is 12.1. The molecule has 100 valence electrons. The molecule has 2 heterocycles. The third kappa shape index (κ3) is 3.31. The highest BCUT2D eigenvalue weighted by Gasteiger charge is 2.37. The van der Waals surface area contributed by atoms with E-state index < -0.39 is 5.60 Å². The van der Waals surface area contributed by atoms with Crippen molar-refractivity contribution >= 4 is 17.2 Å². The average molecular weight is 268 g/mol. The molecule has 0 aliphatic carbocycles. The number of ether oxygens (including phenoxy) is 1. The second-order valence-electron chi connectivity index (χ2n) is 4.90. The number of nitrogens with one attached hydrogen (secondary N) is 1. The molecule has 5 heteroatoms. The maximum Gasteiger partial charge on any atom is 0.253 e. The summed E-state index contributed by atoms with van der Waals surface area (Å²) in [6.07, 6.45) is 0.884. The zero-order chi connectivity index (χ0) is 13.0. The summed E-state index contributed by atoms with van der Waals surface area (Å²) < 4.78 is 5.63. The van der Waals surface area contributed by atoms with Gasteiger partial charge in [0.25, 0.3) is 5.91 Å². The lowest BCUT2D eigenvalue weighted by Gasteiger charge is -2.37. The Morgan fingerprint density at radius 2 is 2.50 bits per heavy atom. The number of rotatable bonds is 4. The molecule has 0 aromatic carbocycles. The van der Waals surface area contributed by atoms with Gasteiger partial charge < -0.3 is 15.0 Å². The summed E-state index contributed by atoms with van der Waals surface area (Å²) in [5.41, 5.74) is -0.706. The van der Waals surface area contributed by atoms with Crippen molar-refractivity contribution in [3.63, 3.8) is 0 Å². The lowest BCUT2D eigenvalue weighted by Crippen LogP contribution is -2.57. The third-order valence-electron chi connectivity index (χ3n) is 3.18. The Labute approximate surface area is 112 Å². The van der Waals surface area contributed by atoms with E-state index in [1.54, 1.807) is 11.3 Å². The van der Waals surface area contributed by atoms with Gasteiger partial charge in [-0.25, -0.2) is 0 Å². The monoisotopic (exact) mass is 268 g/mol. The summed E-state index contributed by atoms with van der Waals surface area (Å²) in [6.45, 7) is 4.69. The normalized spacial score (nSPS) is 25.0. The Morgan fingerprint density at radius 3 is 3.17 bits per heavy atom. The van der Waals surface area contributed by atoms with E-state index in [0.717, 1.165) is 13.0 Å². The summed E-state index contributed by atoms with van der Waals surface area (Å²) in [6, 6.07) is 4.12. The highest BCUT2D eigenvalue weighted by atomic mass is 32.1. The van der Waals surface area contributed by atoms with Gasteiger partial charge in [-0.05, 0) is 31.8 Å². The zero-order valence-corrected chi connectivity index (χ0v) is 11.8. The van der Waals surface area contributed by atoms with Gasteiger partial charge in [0.2, 0.25) is 0 Å².